The van der Waals surface area contributed by atoms with E-state index in [4.69, 9.17) is 0 Å². The second-order valence-corrected chi connectivity index (χ2v) is 9.11. The monoisotopic (exact) mass is 383 g/mol. The minimum absolute atomic E-state index is 0.0545. The fourth-order valence-electron chi connectivity index (χ4n) is 3.84. The molecule has 144 valence electrons. The molecule has 0 spiro atoms. The SMILES string of the molecule is O=[N+]([O-])c1cc(S(=O)(=O)N2CCCCC2)ccc1NC1(CO)CCCC1. The molecular weight excluding hydrogens is 358 g/mol. The number of nitrogens with zero attached hydrogens (tertiary/aromatic N) is 2. The highest BCUT2D eigenvalue weighted by Gasteiger charge is 2.35. The molecule has 1 aliphatic carbocycles. The van der Waals surface area contributed by atoms with E-state index in [1.165, 1.54) is 16.4 Å². The molecule has 0 aromatic heterocycles. The summed E-state index contributed by atoms with van der Waals surface area (Å²) in [6.07, 6.45) is 5.97. The minimum atomic E-state index is -3.73. The molecule has 8 nitrogen and oxygen atoms in total. The lowest BCUT2D eigenvalue weighted by molar-refractivity contribution is -0.384. The van der Waals surface area contributed by atoms with Crippen LogP contribution in [0.15, 0.2) is 23.1 Å². The number of piperidine rings is 1. The molecule has 0 atom stereocenters. The predicted octanol–water partition coefficient (Wildman–Crippen LogP) is 2.49. The Kier molecular flexibility index (Phi) is 5.50. The molecule has 9 heteroatoms. The van der Waals surface area contributed by atoms with E-state index in [2.05, 4.69) is 5.32 Å². The molecule has 1 saturated carbocycles. The first-order valence-electron chi connectivity index (χ1n) is 9.06. The summed E-state index contributed by atoms with van der Waals surface area (Å²) in [6, 6.07) is 4.00. The van der Waals surface area contributed by atoms with E-state index in [9.17, 15) is 23.6 Å². The van der Waals surface area contributed by atoms with Gasteiger partial charge in [-0.1, -0.05) is 19.3 Å². The van der Waals surface area contributed by atoms with Crippen molar-refractivity contribution in [2.75, 3.05) is 25.0 Å². The molecule has 1 heterocycles. The first-order valence-corrected chi connectivity index (χ1v) is 10.5. The number of nitro groups is 1. The minimum Gasteiger partial charge on any atom is -0.394 e. The Bertz CT molecular complexity index is 769. The van der Waals surface area contributed by atoms with Crippen LogP contribution in [0.2, 0.25) is 0 Å². The molecule has 0 amide bonds. The number of nitrogens with one attached hydrogen (secondary N) is 1. The third-order valence-corrected chi connectivity index (χ3v) is 7.28. The number of aliphatic hydroxyl groups is 1. The summed E-state index contributed by atoms with van der Waals surface area (Å²) in [5.74, 6) is 0. The zero-order chi connectivity index (χ0) is 18.8. The van der Waals surface area contributed by atoms with Gasteiger partial charge in [0.1, 0.15) is 5.69 Å². The van der Waals surface area contributed by atoms with Crippen molar-refractivity contribution >= 4 is 21.4 Å². The molecule has 0 bridgehead atoms. The van der Waals surface area contributed by atoms with Crippen molar-refractivity contribution in [3.05, 3.63) is 28.3 Å². The zero-order valence-electron chi connectivity index (χ0n) is 14.7. The molecule has 2 N–H and O–H groups in total. The van der Waals surface area contributed by atoms with Crippen LogP contribution in [0.1, 0.15) is 44.9 Å². The Morgan fingerprint density at radius 3 is 2.38 bits per heavy atom. The Morgan fingerprint density at radius 1 is 1.15 bits per heavy atom. The Morgan fingerprint density at radius 2 is 1.81 bits per heavy atom. The van der Waals surface area contributed by atoms with Crippen molar-refractivity contribution in [3.8, 4) is 0 Å². The van der Waals surface area contributed by atoms with Crippen LogP contribution in [0.25, 0.3) is 0 Å². The maximum absolute atomic E-state index is 12.8. The van der Waals surface area contributed by atoms with Crippen LogP contribution in [-0.4, -0.2) is 48.0 Å². The van der Waals surface area contributed by atoms with Gasteiger partial charge < -0.3 is 10.4 Å². The second kappa shape index (κ2) is 7.50. The maximum atomic E-state index is 12.8. The summed E-state index contributed by atoms with van der Waals surface area (Å²) < 4.78 is 27.0. The quantitative estimate of drug-likeness (QED) is 0.576. The highest BCUT2D eigenvalue weighted by molar-refractivity contribution is 7.89. The van der Waals surface area contributed by atoms with Gasteiger partial charge in [-0.25, -0.2) is 8.42 Å². The van der Waals surface area contributed by atoms with Crippen LogP contribution in [0.4, 0.5) is 11.4 Å². The van der Waals surface area contributed by atoms with Crippen LogP contribution in [-0.2, 0) is 10.0 Å². The van der Waals surface area contributed by atoms with E-state index in [0.29, 0.717) is 13.1 Å². The largest absolute Gasteiger partial charge is 0.394 e. The third-order valence-electron chi connectivity index (χ3n) is 5.38. The van der Waals surface area contributed by atoms with E-state index >= 15 is 0 Å². The van der Waals surface area contributed by atoms with Crippen LogP contribution < -0.4 is 5.32 Å². The number of nitro benzene ring substituents is 1. The highest BCUT2D eigenvalue weighted by Crippen LogP contribution is 2.37. The smallest absolute Gasteiger partial charge is 0.293 e. The van der Waals surface area contributed by atoms with Gasteiger partial charge in [-0.15, -0.1) is 0 Å². The van der Waals surface area contributed by atoms with Crippen LogP contribution >= 0.6 is 0 Å². The highest BCUT2D eigenvalue weighted by atomic mass is 32.2. The van der Waals surface area contributed by atoms with E-state index in [1.807, 2.05) is 0 Å². The molecule has 1 saturated heterocycles. The van der Waals surface area contributed by atoms with Crippen LogP contribution in [0, 0.1) is 10.1 Å². The molecule has 1 aromatic carbocycles. The summed E-state index contributed by atoms with van der Waals surface area (Å²) in [5.41, 5.74) is -0.593. The number of sulfonamides is 1. The van der Waals surface area contributed by atoms with Crippen molar-refractivity contribution in [2.24, 2.45) is 0 Å². The topological polar surface area (TPSA) is 113 Å². The molecule has 3 rings (SSSR count). The summed E-state index contributed by atoms with van der Waals surface area (Å²) in [7, 11) is -3.73. The van der Waals surface area contributed by atoms with E-state index in [-0.39, 0.29) is 22.9 Å². The van der Waals surface area contributed by atoms with E-state index < -0.39 is 20.5 Å². The molecule has 2 aliphatic rings. The average Bonchev–Trinajstić information content (AvgIpc) is 3.11. The number of aliphatic hydroxyl groups excluding tert-OH is 1. The summed E-state index contributed by atoms with van der Waals surface area (Å²) in [6.45, 7) is 0.783. The maximum Gasteiger partial charge on any atom is 0.293 e. The fraction of sp³-hybridized carbons (Fsp3) is 0.647. The van der Waals surface area contributed by atoms with Gasteiger partial charge in [-0.2, -0.15) is 4.31 Å². The van der Waals surface area contributed by atoms with Gasteiger partial charge in [0.15, 0.2) is 0 Å². The first-order chi connectivity index (χ1) is 12.4. The molecule has 1 aliphatic heterocycles. The normalized spacial score (nSPS) is 20.8. The number of hydrogen-bond donors (Lipinski definition) is 2. The molecule has 0 radical (unpaired) electrons. The average molecular weight is 383 g/mol. The van der Waals surface area contributed by atoms with Gasteiger partial charge in [0.2, 0.25) is 10.0 Å². The Hall–Kier alpha value is -1.71. The number of hydrogen-bond acceptors (Lipinski definition) is 6. The lowest BCUT2D eigenvalue weighted by Gasteiger charge is -2.29. The molecule has 0 unspecified atom stereocenters. The third kappa shape index (κ3) is 3.70. The van der Waals surface area contributed by atoms with E-state index in [0.717, 1.165) is 51.0 Å². The van der Waals surface area contributed by atoms with Gasteiger partial charge in [-0.05, 0) is 37.8 Å². The number of rotatable bonds is 6. The van der Waals surface area contributed by atoms with Crippen LogP contribution in [0.3, 0.4) is 0 Å². The number of benzene rings is 1. The van der Waals surface area contributed by atoms with Gasteiger partial charge in [-0.3, -0.25) is 10.1 Å². The van der Waals surface area contributed by atoms with Crippen LogP contribution in [0.5, 0.6) is 0 Å². The van der Waals surface area contributed by atoms with Gasteiger partial charge in [0.25, 0.3) is 5.69 Å². The first kappa shape index (κ1) is 19.1. The number of anilines is 1. The lowest BCUT2D eigenvalue weighted by atomic mass is 9.98. The fourth-order valence-corrected chi connectivity index (χ4v) is 5.38. The Balaban J connectivity index is 1.93. The molecule has 26 heavy (non-hydrogen) atoms. The summed E-state index contributed by atoms with van der Waals surface area (Å²) in [4.78, 5) is 10.9. The predicted molar refractivity (Wildman–Crippen MR) is 97.6 cm³/mol. The molecule has 2 fully saturated rings. The van der Waals surface area contributed by atoms with Crippen molar-refractivity contribution in [3.63, 3.8) is 0 Å². The van der Waals surface area contributed by atoms with Gasteiger partial charge in [0, 0.05) is 19.2 Å². The van der Waals surface area contributed by atoms with E-state index in [1.54, 1.807) is 0 Å². The lowest BCUT2D eigenvalue weighted by Crippen LogP contribution is -2.39. The van der Waals surface area contributed by atoms with Gasteiger partial charge >= 0.3 is 0 Å². The van der Waals surface area contributed by atoms with Crippen molar-refractivity contribution < 1.29 is 18.4 Å². The standard InChI is InChI=1S/C17H25N3O5S/c21-13-17(8-2-3-9-17)18-15-7-6-14(12-16(15)20(22)23)26(24,25)19-10-4-1-5-11-19/h6-7,12,18,21H,1-5,8-11,13H2. The molecular formula is C17H25N3O5S. The van der Waals surface area contributed by atoms with Crippen molar-refractivity contribution in [1.29, 1.82) is 0 Å². The van der Waals surface area contributed by atoms with Crippen molar-refractivity contribution in [2.45, 2.75) is 55.4 Å². The summed E-state index contributed by atoms with van der Waals surface area (Å²) in [5, 5.41) is 24.4. The Labute approximate surface area is 153 Å². The molecule has 1 aromatic rings. The van der Waals surface area contributed by atoms with Gasteiger partial charge in [0.05, 0.1) is 22.0 Å². The summed E-state index contributed by atoms with van der Waals surface area (Å²) >= 11 is 0. The van der Waals surface area contributed by atoms with Crippen molar-refractivity contribution in [1.82, 2.24) is 4.31 Å². The zero-order valence-corrected chi connectivity index (χ0v) is 15.5. The second-order valence-electron chi connectivity index (χ2n) is 7.17.